The quantitative estimate of drug-likeness (QED) is 0.184. The van der Waals surface area contributed by atoms with Crippen molar-refractivity contribution >= 4 is 52.6 Å². The Morgan fingerprint density at radius 1 is 0.895 bits per heavy atom. The lowest BCUT2D eigenvalue weighted by Gasteiger charge is -2.19. The zero-order valence-electron chi connectivity index (χ0n) is 18.6. The lowest BCUT2D eigenvalue weighted by atomic mass is 9.95. The summed E-state index contributed by atoms with van der Waals surface area (Å²) in [5.74, 6) is -4.81. The summed E-state index contributed by atoms with van der Waals surface area (Å²) < 4.78 is 118. The van der Waals surface area contributed by atoms with Crippen molar-refractivity contribution in [1.82, 2.24) is 5.32 Å². The van der Waals surface area contributed by atoms with Gasteiger partial charge in [-0.3, -0.25) is 9.59 Å². The minimum Gasteiger partial charge on any atom is -0.349 e. The van der Waals surface area contributed by atoms with Crippen LogP contribution in [0, 0.1) is 0 Å². The Balaban J connectivity index is 2.33. The van der Waals surface area contributed by atoms with Gasteiger partial charge in [0.1, 0.15) is 0 Å². The first-order chi connectivity index (χ1) is 17.3. The molecule has 1 N–H and O–H groups in total. The molecule has 0 aliphatic heterocycles. The van der Waals surface area contributed by atoms with Crippen molar-refractivity contribution in [2.45, 2.75) is 37.3 Å². The Hall–Kier alpha value is -2.44. The number of carbonyl (C=O) groups excluding carboxylic acids is 2. The maximum Gasteiger partial charge on any atom is 0.417 e. The van der Waals surface area contributed by atoms with Gasteiger partial charge in [0.05, 0.1) is 39.5 Å². The molecule has 38 heavy (non-hydrogen) atoms. The smallest absolute Gasteiger partial charge is 0.349 e. The van der Waals surface area contributed by atoms with Crippen molar-refractivity contribution in [3.05, 3.63) is 73.7 Å². The summed E-state index contributed by atoms with van der Waals surface area (Å²) in [5.41, 5.74) is -3.24. The maximum atomic E-state index is 13.7. The third-order valence-corrected chi connectivity index (χ3v) is 6.13. The van der Waals surface area contributed by atoms with Crippen LogP contribution in [-0.4, -0.2) is 30.6 Å². The van der Waals surface area contributed by atoms with Gasteiger partial charge in [0.25, 0.3) is 0 Å². The number of carbonyl (C=O) groups is 2. The van der Waals surface area contributed by atoms with Gasteiger partial charge in [0, 0.05) is 12.0 Å². The van der Waals surface area contributed by atoms with Crippen molar-refractivity contribution < 1.29 is 49.1 Å². The van der Waals surface area contributed by atoms with Crippen molar-refractivity contribution in [2.75, 3.05) is 6.54 Å². The van der Waals surface area contributed by atoms with E-state index in [1.807, 2.05) is 5.32 Å². The standard InChI is InChI=1S/C23H15Cl3F9NO2/c24-16-8-12(9-17(25)20(16)26)14(22(30,31)32)4-2-11-1-3-13(15(7-11)23(33,34)35)18(37)10-36-19(38)5-6-21(27,28)29/h1-4,7-9,14H,5-6,10H2,(H,36,38)/b4-2+. The summed E-state index contributed by atoms with van der Waals surface area (Å²) in [4.78, 5) is 23.7. The largest absolute Gasteiger partial charge is 0.417 e. The molecule has 0 saturated carbocycles. The van der Waals surface area contributed by atoms with Crippen LogP contribution in [0.3, 0.4) is 0 Å². The molecule has 15 heteroatoms. The molecular weight excluding hydrogens is 600 g/mol. The number of nitrogens with one attached hydrogen (secondary N) is 1. The molecule has 2 aromatic rings. The number of alkyl halides is 9. The van der Waals surface area contributed by atoms with Gasteiger partial charge in [-0.15, -0.1) is 0 Å². The van der Waals surface area contributed by atoms with Crippen molar-refractivity contribution in [3.8, 4) is 0 Å². The zero-order valence-corrected chi connectivity index (χ0v) is 20.9. The van der Waals surface area contributed by atoms with E-state index in [-0.39, 0.29) is 20.6 Å². The van der Waals surface area contributed by atoms with Gasteiger partial charge in [0.15, 0.2) is 5.78 Å². The SMILES string of the molecule is O=C(CCC(F)(F)F)NCC(=O)c1ccc(/C=C/C(c2cc(Cl)c(Cl)c(Cl)c2)C(F)(F)F)cc1C(F)(F)F. The zero-order chi connectivity index (χ0) is 29.1. The number of Topliss-reactive ketones (excluding diaryl/α,β-unsaturated/α-hetero) is 1. The first-order valence-electron chi connectivity index (χ1n) is 10.3. The van der Waals surface area contributed by atoms with E-state index in [1.165, 1.54) is 0 Å². The van der Waals surface area contributed by atoms with E-state index in [0.717, 1.165) is 24.3 Å². The van der Waals surface area contributed by atoms with Gasteiger partial charge in [-0.1, -0.05) is 59.1 Å². The summed E-state index contributed by atoms with van der Waals surface area (Å²) in [6.45, 7) is -1.02. The average Bonchev–Trinajstić information content (AvgIpc) is 2.77. The van der Waals surface area contributed by atoms with Crippen molar-refractivity contribution in [2.24, 2.45) is 0 Å². The van der Waals surface area contributed by atoms with E-state index in [1.54, 1.807) is 0 Å². The Kier molecular flexibility index (Phi) is 10.2. The molecule has 0 heterocycles. The number of allylic oxidation sites excluding steroid dienone is 1. The van der Waals surface area contributed by atoms with Crippen molar-refractivity contribution in [1.29, 1.82) is 0 Å². The van der Waals surface area contributed by atoms with E-state index >= 15 is 0 Å². The molecular formula is C23H15Cl3F9NO2. The maximum absolute atomic E-state index is 13.7. The topological polar surface area (TPSA) is 46.2 Å². The van der Waals surface area contributed by atoms with E-state index in [4.69, 9.17) is 34.8 Å². The summed E-state index contributed by atoms with van der Waals surface area (Å²) in [5, 5.41) is 1.08. The Bertz CT molecular complexity index is 1200. The van der Waals surface area contributed by atoms with Gasteiger partial charge in [-0.2, -0.15) is 39.5 Å². The third-order valence-electron chi connectivity index (χ3n) is 4.93. The molecule has 0 aromatic heterocycles. The monoisotopic (exact) mass is 613 g/mol. The molecule has 2 aromatic carbocycles. The van der Waals surface area contributed by atoms with Gasteiger partial charge >= 0.3 is 18.5 Å². The number of halogens is 12. The molecule has 3 nitrogen and oxygen atoms in total. The normalized spacial score (nSPS) is 13.6. The van der Waals surface area contributed by atoms with Gasteiger partial charge in [0.2, 0.25) is 5.91 Å². The molecule has 0 aliphatic rings. The predicted molar refractivity (Wildman–Crippen MR) is 123 cm³/mol. The fraction of sp³-hybridized carbons (Fsp3) is 0.304. The fourth-order valence-corrected chi connectivity index (χ4v) is 3.75. The van der Waals surface area contributed by atoms with E-state index < -0.39 is 72.2 Å². The highest BCUT2D eigenvalue weighted by atomic mass is 35.5. The number of ketones is 1. The van der Waals surface area contributed by atoms with E-state index in [9.17, 15) is 49.1 Å². The van der Waals surface area contributed by atoms with Gasteiger partial charge in [-0.05, 0) is 29.3 Å². The highest BCUT2D eigenvalue weighted by molar-refractivity contribution is 6.48. The number of hydrogen-bond donors (Lipinski definition) is 1. The second-order valence-corrected chi connectivity index (χ2v) is 8.99. The Morgan fingerprint density at radius 2 is 1.47 bits per heavy atom. The molecule has 0 fully saturated rings. The fourth-order valence-electron chi connectivity index (χ4n) is 3.13. The van der Waals surface area contributed by atoms with Crippen LogP contribution in [0.4, 0.5) is 39.5 Å². The van der Waals surface area contributed by atoms with Crippen molar-refractivity contribution in [3.63, 3.8) is 0 Å². The Morgan fingerprint density at radius 3 is 1.97 bits per heavy atom. The van der Waals surface area contributed by atoms with Crippen LogP contribution in [0.5, 0.6) is 0 Å². The molecule has 0 saturated heterocycles. The number of hydrogen-bond acceptors (Lipinski definition) is 2. The second kappa shape index (κ2) is 12.2. The van der Waals surface area contributed by atoms with E-state index in [0.29, 0.717) is 18.2 Å². The van der Waals surface area contributed by atoms with Crippen LogP contribution in [0.25, 0.3) is 6.08 Å². The predicted octanol–water partition coefficient (Wildman–Crippen LogP) is 8.67. The number of rotatable bonds is 8. The Labute approximate surface area is 224 Å². The molecule has 1 atom stereocenters. The molecule has 0 bridgehead atoms. The second-order valence-electron chi connectivity index (χ2n) is 7.79. The minimum absolute atomic E-state index is 0.186. The first-order valence-corrected chi connectivity index (χ1v) is 11.4. The molecule has 208 valence electrons. The first kappa shape index (κ1) is 31.8. The lowest BCUT2D eigenvalue weighted by Crippen LogP contribution is -2.31. The molecule has 2 rings (SSSR count). The molecule has 0 radical (unpaired) electrons. The summed E-state index contributed by atoms with van der Waals surface area (Å²) in [7, 11) is 0. The van der Waals surface area contributed by atoms with Crippen LogP contribution in [0.2, 0.25) is 15.1 Å². The van der Waals surface area contributed by atoms with Crippen LogP contribution in [-0.2, 0) is 11.0 Å². The summed E-state index contributed by atoms with van der Waals surface area (Å²) >= 11 is 17.3. The minimum atomic E-state index is -5.13. The molecule has 1 unspecified atom stereocenters. The van der Waals surface area contributed by atoms with Gasteiger partial charge < -0.3 is 5.32 Å². The van der Waals surface area contributed by atoms with E-state index in [2.05, 4.69) is 0 Å². The van der Waals surface area contributed by atoms with Crippen LogP contribution >= 0.6 is 34.8 Å². The summed E-state index contributed by atoms with van der Waals surface area (Å²) in [6.07, 6.45) is -15.9. The van der Waals surface area contributed by atoms with Crippen LogP contribution < -0.4 is 5.32 Å². The molecule has 0 aliphatic carbocycles. The highest BCUT2D eigenvalue weighted by Gasteiger charge is 2.40. The number of benzene rings is 2. The van der Waals surface area contributed by atoms with Crippen LogP contribution in [0.1, 0.15) is 45.8 Å². The van der Waals surface area contributed by atoms with Gasteiger partial charge in [-0.25, -0.2) is 0 Å². The lowest BCUT2D eigenvalue weighted by molar-refractivity contribution is -0.144. The third kappa shape index (κ3) is 9.09. The number of amides is 1. The average molecular weight is 615 g/mol. The highest BCUT2D eigenvalue weighted by Crippen LogP contribution is 2.41. The molecule has 1 amide bonds. The van der Waals surface area contributed by atoms with Crippen LogP contribution in [0.15, 0.2) is 36.4 Å². The summed E-state index contributed by atoms with van der Waals surface area (Å²) in [6, 6.07) is 3.85. The molecule has 0 spiro atoms.